The molecule has 9 heteroatoms. The highest BCUT2D eigenvalue weighted by molar-refractivity contribution is 7.99. The van der Waals surface area contributed by atoms with Crippen LogP contribution >= 0.6 is 11.8 Å². The fourth-order valence-corrected chi connectivity index (χ4v) is 4.25. The number of rotatable bonds is 7. The molecule has 0 saturated carbocycles. The molecule has 0 fully saturated rings. The van der Waals surface area contributed by atoms with Gasteiger partial charge in [-0.25, -0.2) is 4.79 Å². The number of methoxy groups -OCH3 is 1. The van der Waals surface area contributed by atoms with E-state index in [0.29, 0.717) is 22.4 Å². The first-order chi connectivity index (χ1) is 15.0. The summed E-state index contributed by atoms with van der Waals surface area (Å²) in [6.45, 7) is 2.11. The standard InChI is InChI=1S/C22H21N5O3S/c1-14(15-7-4-3-5-8-15)31-22-26-25-19(11-16-12-20(28)24-21(29)23-16)27(22)17-9-6-10-18(13-17)30-2/h3-10,12-14H,11H2,1-2H3,(H2,23,24,28,29)/t14-/m1/s1. The largest absolute Gasteiger partial charge is 0.497 e. The maximum atomic E-state index is 11.7. The monoisotopic (exact) mass is 435 g/mol. The predicted molar refractivity (Wildman–Crippen MR) is 119 cm³/mol. The molecule has 31 heavy (non-hydrogen) atoms. The minimum absolute atomic E-state index is 0.141. The van der Waals surface area contributed by atoms with Crippen LogP contribution in [0.25, 0.3) is 5.69 Å². The number of ether oxygens (including phenoxy) is 1. The summed E-state index contributed by atoms with van der Waals surface area (Å²) >= 11 is 1.58. The lowest BCUT2D eigenvalue weighted by Crippen LogP contribution is -2.23. The van der Waals surface area contributed by atoms with E-state index in [-0.39, 0.29) is 11.7 Å². The third-order valence-corrected chi connectivity index (χ3v) is 5.83. The van der Waals surface area contributed by atoms with Crippen molar-refractivity contribution in [3.05, 3.63) is 98.6 Å². The molecule has 2 aromatic heterocycles. The predicted octanol–water partition coefficient (Wildman–Crippen LogP) is 3.10. The molecule has 0 amide bonds. The molecule has 4 rings (SSSR count). The van der Waals surface area contributed by atoms with E-state index in [9.17, 15) is 9.59 Å². The topological polar surface area (TPSA) is 106 Å². The van der Waals surface area contributed by atoms with Crippen LogP contribution in [0.1, 0.15) is 29.3 Å². The van der Waals surface area contributed by atoms with Gasteiger partial charge in [0.1, 0.15) is 11.6 Å². The van der Waals surface area contributed by atoms with Crippen LogP contribution in [0.3, 0.4) is 0 Å². The van der Waals surface area contributed by atoms with Crippen molar-refractivity contribution < 1.29 is 4.74 Å². The average Bonchev–Trinajstić information content (AvgIpc) is 3.15. The fraction of sp³-hybridized carbons (Fsp3) is 0.182. The lowest BCUT2D eigenvalue weighted by Gasteiger charge is -2.14. The first-order valence-corrected chi connectivity index (χ1v) is 10.5. The number of H-pyrrole nitrogens is 2. The number of nitrogens with zero attached hydrogens (tertiary/aromatic N) is 3. The van der Waals surface area contributed by atoms with Crippen LogP contribution < -0.4 is 16.0 Å². The Hall–Kier alpha value is -3.59. The number of aromatic amines is 2. The Bertz CT molecular complexity index is 1270. The molecule has 2 heterocycles. The summed E-state index contributed by atoms with van der Waals surface area (Å²) in [6.07, 6.45) is 0.240. The SMILES string of the molecule is COc1cccc(-n2c(Cc3cc(=O)[nH]c(=O)[nH]3)nnc2S[C@H](C)c2ccccc2)c1. The molecule has 0 aliphatic heterocycles. The van der Waals surface area contributed by atoms with Gasteiger partial charge >= 0.3 is 5.69 Å². The van der Waals surface area contributed by atoms with E-state index in [1.54, 1.807) is 18.9 Å². The second kappa shape index (κ2) is 9.05. The number of nitrogens with one attached hydrogen (secondary N) is 2. The molecule has 0 radical (unpaired) electrons. The molecule has 0 aliphatic rings. The molecule has 0 aliphatic carbocycles. The summed E-state index contributed by atoms with van der Waals surface area (Å²) in [6, 6.07) is 19.1. The Balaban J connectivity index is 1.76. The molecule has 0 spiro atoms. The van der Waals surface area contributed by atoms with Gasteiger partial charge in [0.15, 0.2) is 5.16 Å². The summed E-state index contributed by atoms with van der Waals surface area (Å²) in [5, 5.41) is 9.62. The van der Waals surface area contributed by atoms with Crippen molar-refractivity contribution in [2.24, 2.45) is 0 Å². The molecule has 8 nitrogen and oxygen atoms in total. The van der Waals surface area contributed by atoms with E-state index >= 15 is 0 Å². The van der Waals surface area contributed by atoms with Gasteiger partial charge in [0.25, 0.3) is 5.56 Å². The van der Waals surface area contributed by atoms with Crippen molar-refractivity contribution in [2.45, 2.75) is 23.8 Å². The molecule has 158 valence electrons. The van der Waals surface area contributed by atoms with Crippen LogP contribution in [0.2, 0.25) is 0 Å². The van der Waals surface area contributed by atoms with E-state index < -0.39 is 11.2 Å². The average molecular weight is 436 g/mol. The van der Waals surface area contributed by atoms with E-state index in [0.717, 1.165) is 5.69 Å². The Morgan fingerprint density at radius 1 is 1.03 bits per heavy atom. The molecular weight excluding hydrogens is 414 g/mol. The first kappa shape index (κ1) is 20.7. The second-order valence-electron chi connectivity index (χ2n) is 6.90. The van der Waals surface area contributed by atoms with Crippen molar-refractivity contribution >= 4 is 11.8 Å². The molecule has 0 bridgehead atoms. The van der Waals surface area contributed by atoms with Crippen molar-refractivity contribution in [1.29, 1.82) is 0 Å². The molecular formula is C22H21N5O3S. The molecule has 0 unspecified atom stereocenters. The van der Waals surface area contributed by atoms with Gasteiger partial charge in [-0.3, -0.25) is 14.3 Å². The number of hydrogen-bond acceptors (Lipinski definition) is 6. The first-order valence-electron chi connectivity index (χ1n) is 9.66. The lowest BCUT2D eigenvalue weighted by atomic mass is 10.2. The van der Waals surface area contributed by atoms with Gasteiger partial charge in [0, 0.05) is 29.5 Å². The van der Waals surface area contributed by atoms with Crippen molar-refractivity contribution in [2.75, 3.05) is 7.11 Å². The zero-order valence-electron chi connectivity index (χ0n) is 17.0. The third kappa shape index (κ3) is 4.77. The Morgan fingerprint density at radius 3 is 2.58 bits per heavy atom. The highest BCUT2D eigenvalue weighted by Gasteiger charge is 2.19. The van der Waals surface area contributed by atoms with Crippen LogP contribution in [0, 0.1) is 0 Å². The van der Waals surface area contributed by atoms with Crippen LogP contribution in [-0.4, -0.2) is 31.8 Å². The summed E-state index contributed by atoms with van der Waals surface area (Å²) in [5.74, 6) is 1.30. The van der Waals surface area contributed by atoms with Gasteiger partial charge in [0.05, 0.1) is 12.8 Å². The van der Waals surface area contributed by atoms with Crippen molar-refractivity contribution in [3.63, 3.8) is 0 Å². The van der Waals surface area contributed by atoms with Crippen LogP contribution in [0.4, 0.5) is 0 Å². The Kier molecular flexibility index (Phi) is 6.03. The summed E-state index contributed by atoms with van der Waals surface area (Å²) in [4.78, 5) is 28.2. The highest BCUT2D eigenvalue weighted by Crippen LogP contribution is 2.35. The summed E-state index contributed by atoms with van der Waals surface area (Å²) in [5.41, 5.74) is 1.45. The van der Waals surface area contributed by atoms with E-state index in [1.165, 1.54) is 11.6 Å². The molecule has 0 saturated heterocycles. The fourth-order valence-electron chi connectivity index (χ4n) is 3.24. The number of hydrogen-bond donors (Lipinski definition) is 2. The number of benzene rings is 2. The van der Waals surface area contributed by atoms with E-state index in [2.05, 4.69) is 39.2 Å². The quantitative estimate of drug-likeness (QED) is 0.432. The molecule has 2 N–H and O–H groups in total. The lowest BCUT2D eigenvalue weighted by molar-refractivity contribution is 0.414. The summed E-state index contributed by atoms with van der Waals surface area (Å²) in [7, 11) is 1.61. The zero-order chi connectivity index (χ0) is 21.8. The number of thioether (sulfide) groups is 1. The minimum atomic E-state index is -0.553. The van der Waals surface area contributed by atoms with Gasteiger partial charge in [-0.15, -0.1) is 10.2 Å². The zero-order valence-corrected chi connectivity index (χ0v) is 17.8. The van der Waals surface area contributed by atoms with Crippen LogP contribution in [0.5, 0.6) is 5.75 Å². The van der Waals surface area contributed by atoms with Gasteiger partial charge in [0.2, 0.25) is 0 Å². The van der Waals surface area contributed by atoms with Gasteiger partial charge in [-0.1, -0.05) is 48.2 Å². The van der Waals surface area contributed by atoms with E-state index in [4.69, 9.17) is 4.74 Å². The van der Waals surface area contributed by atoms with Gasteiger partial charge in [-0.2, -0.15) is 0 Å². The maximum absolute atomic E-state index is 11.7. The van der Waals surface area contributed by atoms with Crippen LogP contribution in [-0.2, 0) is 6.42 Å². The third-order valence-electron chi connectivity index (χ3n) is 4.73. The number of aromatic nitrogens is 5. The smallest absolute Gasteiger partial charge is 0.325 e. The molecule has 4 aromatic rings. The maximum Gasteiger partial charge on any atom is 0.325 e. The van der Waals surface area contributed by atoms with Crippen molar-refractivity contribution in [1.82, 2.24) is 24.7 Å². The Morgan fingerprint density at radius 2 is 1.84 bits per heavy atom. The normalized spacial score (nSPS) is 11.9. The van der Waals surface area contributed by atoms with E-state index in [1.807, 2.05) is 47.0 Å². The highest BCUT2D eigenvalue weighted by atomic mass is 32.2. The van der Waals surface area contributed by atoms with Gasteiger partial charge < -0.3 is 9.72 Å². The molecule has 1 atom stereocenters. The van der Waals surface area contributed by atoms with Gasteiger partial charge in [-0.05, 0) is 24.6 Å². The molecule has 2 aromatic carbocycles. The summed E-state index contributed by atoms with van der Waals surface area (Å²) < 4.78 is 7.30. The van der Waals surface area contributed by atoms with Crippen LogP contribution in [0.15, 0.2) is 75.4 Å². The second-order valence-corrected chi connectivity index (χ2v) is 8.20. The minimum Gasteiger partial charge on any atom is -0.497 e. The Labute approximate surface area is 182 Å². The van der Waals surface area contributed by atoms with Crippen molar-refractivity contribution in [3.8, 4) is 11.4 Å².